The zero-order valence-corrected chi connectivity index (χ0v) is 40.8. The van der Waals surface area contributed by atoms with Gasteiger partial charge < -0.3 is 179 Å². The fourth-order valence-electron chi connectivity index (χ4n) is 9.82. The summed E-state index contributed by atoms with van der Waals surface area (Å²) in [5.41, 5.74) is 0. The number of hydrogen-bond acceptors (Lipinski definition) is 36. The Hall–Kier alpha value is -1.44. The third-order valence-electron chi connectivity index (χ3n) is 14.5. The summed E-state index contributed by atoms with van der Waals surface area (Å²) < 4.78 is 73.0. The molecule has 23 N–H and O–H groups in total. The Kier molecular flexibility index (Phi) is 22.6. The molecule has 0 aromatic rings. The van der Waals surface area contributed by atoms with Gasteiger partial charge >= 0.3 is 0 Å². The average Bonchev–Trinajstić information content (AvgIpc) is 3.52. The normalized spacial score (nSPS) is 53.5. The topological polar surface area (TPSA) is 585 Å². The van der Waals surface area contributed by atoms with Gasteiger partial charge in [0.25, 0.3) is 0 Å². The van der Waals surface area contributed by atoms with Gasteiger partial charge in [-0.2, -0.15) is 0 Å². The Morgan fingerprint density at radius 2 is 0.487 bits per heavy atom. The molecular weight excluding hydrogens is 1080 g/mol. The van der Waals surface area contributed by atoms with E-state index in [1.807, 2.05) is 0 Å². The molecular formula is C42H72O36. The van der Waals surface area contributed by atoms with Crippen molar-refractivity contribution in [1.29, 1.82) is 0 Å². The van der Waals surface area contributed by atoms with E-state index in [-0.39, 0.29) is 0 Å². The minimum absolute atomic E-state index is 0.907. The first kappa shape index (κ1) is 64.1. The van der Waals surface area contributed by atoms with Crippen molar-refractivity contribution in [3.05, 3.63) is 0 Å². The minimum Gasteiger partial charge on any atom is -0.394 e. The van der Waals surface area contributed by atoms with Gasteiger partial charge in [0.15, 0.2) is 44.0 Å². The molecule has 0 aromatic heterocycles. The molecule has 7 rings (SSSR count). The quantitative estimate of drug-likeness (QED) is 0.0571. The van der Waals surface area contributed by atoms with Crippen LogP contribution in [0.5, 0.6) is 0 Å². The molecule has 0 spiro atoms. The zero-order valence-electron chi connectivity index (χ0n) is 40.8. The van der Waals surface area contributed by atoms with Crippen LogP contribution < -0.4 is 0 Å². The van der Waals surface area contributed by atoms with Gasteiger partial charge in [-0.3, -0.25) is 0 Å². The summed E-state index contributed by atoms with van der Waals surface area (Å²) in [5, 5.41) is 244. The second kappa shape index (κ2) is 27.5. The van der Waals surface area contributed by atoms with Crippen molar-refractivity contribution in [1.82, 2.24) is 0 Å². The second-order valence-corrected chi connectivity index (χ2v) is 19.6. The van der Waals surface area contributed by atoms with E-state index < -0.39 is 261 Å². The molecule has 36 nitrogen and oxygen atoms in total. The average molecular weight is 1150 g/mol. The molecule has 7 aliphatic heterocycles. The van der Waals surface area contributed by atoms with Crippen LogP contribution in [0.4, 0.5) is 0 Å². The van der Waals surface area contributed by atoms with Gasteiger partial charge in [-0.15, -0.1) is 0 Å². The zero-order chi connectivity index (χ0) is 57.3. The van der Waals surface area contributed by atoms with Crippen molar-refractivity contribution in [2.45, 2.75) is 215 Å². The lowest BCUT2D eigenvalue weighted by molar-refractivity contribution is -0.404. The first-order chi connectivity index (χ1) is 37.0. The number of hydrogen-bond donors (Lipinski definition) is 23. The Bertz CT molecular complexity index is 1820. The first-order valence-electron chi connectivity index (χ1n) is 24.7. The monoisotopic (exact) mass is 1150 g/mol. The fourth-order valence-corrected chi connectivity index (χ4v) is 9.82. The van der Waals surface area contributed by atoms with Crippen molar-refractivity contribution >= 4 is 0 Å². The summed E-state index contributed by atoms with van der Waals surface area (Å²) in [4.78, 5) is 0. The Balaban J connectivity index is 1.08. The predicted molar refractivity (Wildman–Crippen MR) is 232 cm³/mol. The lowest BCUT2D eigenvalue weighted by Crippen LogP contribution is -2.68. The molecule has 0 aliphatic carbocycles. The summed E-state index contributed by atoms with van der Waals surface area (Å²) in [6, 6.07) is 0. The highest BCUT2D eigenvalue weighted by atomic mass is 16.8. The van der Waals surface area contributed by atoms with Crippen molar-refractivity contribution in [3.63, 3.8) is 0 Å². The van der Waals surface area contributed by atoms with E-state index in [1.165, 1.54) is 0 Å². The largest absolute Gasteiger partial charge is 0.394 e. The lowest BCUT2D eigenvalue weighted by Gasteiger charge is -2.49. The van der Waals surface area contributed by atoms with Crippen molar-refractivity contribution in [2.75, 3.05) is 46.2 Å². The van der Waals surface area contributed by atoms with E-state index in [0.717, 1.165) is 0 Å². The van der Waals surface area contributed by atoms with Gasteiger partial charge in [0.05, 0.1) is 46.2 Å². The molecule has 78 heavy (non-hydrogen) atoms. The van der Waals surface area contributed by atoms with Crippen LogP contribution in [0.1, 0.15) is 0 Å². The van der Waals surface area contributed by atoms with Crippen LogP contribution in [0.15, 0.2) is 0 Å². The summed E-state index contributed by atoms with van der Waals surface area (Å²) in [5.74, 6) is 0. The van der Waals surface area contributed by atoms with Crippen LogP contribution in [0.25, 0.3) is 0 Å². The molecule has 7 saturated heterocycles. The predicted octanol–water partition coefficient (Wildman–Crippen LogP) is -16.3. The lowest BCUT2D eigenvalue weighted by atomic mass is 9.95. The third-order valence-corrected chi connectivity index (χ3v) is 14.5. The van der Waals surface area contributed by atoms with E-state index in [1.54, 1.807) is 0 Å². The molecule has 36 heteroatoms. The first-order valence-corrected chi connectivity index (χ1v) is 24.7. The highest BCUT2D eigenvalue weighted by molar-refractivity contribution is 5.00. The molecule has 7 aliphatic rings. The minimum atomic E-state index is -2.30. The number of aliphatic hydroxyl groups is 23. The summed E-state index contributed by atoms with van der Waals surface area (Å²) >= 11 is 0. The van der Waals surface area contributed by atoms with Crippen molar-refractivity contribution in [2.24, 2.45) is 0 Å². The van der Waals surface area contributed by atoms with Crippen LogP contribution in [-0.4, -0.2) is 379 Å². The Morgan fingerprint density at radius 3 is 0.846 bits per heavy atom. The number of rotatable bonds is 19. The van der Waals surface area contributed by atoms with E-state index in [4.69, 9.17) is 61.6 Å². The smallest absolute Gasteiger partial charge is 0.187 e. The van der Waals surface area contributed by atoms with Gasteiger partial charge in [0.2, 0.25) is 0 Å². The van der Waals surface area contributed by atoms with Crippen LogP contribution in [0, 0.1) is 0 Å². The molecule has 0 radical (unpaired) electrons. The SMILES string of the molecule is OC[C@H]1O[C@H](O[C@@H]2[C@@H](O[C@@H]3[C@H](O)[C@@H](OC[C@H]4O[C@@H](O)[C@@H](O)[C@@H](O[C@H]5O[C@H](CO)[C@@H](O)[C@H](O)[C@@H]5O[C@H]5O[C@H](CO)[C@@H](O)[C@H](O)[C@@H]5O[C@H]5O[C@H](CO)[C@@H](O)[C@H](O)[C@@H]5O)[C@@H]4O)O[C@H](CO)[C@H]3O)O[C@H](CO)[C@@H](O)[C@@H]2O)[C@@H](O)[C@@H](O)[C@@H]1O. The highest BCUT2D eigenvalue weighted by Crippen LogP contribution is 2.37. The van der Waals surface area contributed by atoms with E-state index >= 15 is 0 Å². The van der Waals surface area contributed by atoms with Crippen LogP contribution >= 0.6 is 0 Å². The molecule has 0 bridgehead atoms. The Labute approximate surface area is 439 Å². The summed E-state index contributed by atoms with van der Waals surface area (Å²) in [7, 11) is 0. The van der Waals surface area contributed by atoms with E-state index in [2.05, 4.69) is 0 Å². The Morgan fingerprint density at radius 1 is 0.218 bits per heavy atom. The maximum absolute atomic E-state index is 11.6. The molecule has 35 atom stereocenters. The summed E-state index contributed by atoms with van der Waals surface area (Å²) in [6.45, 7) is -6.86. The molecule has 7 fully saturated rings. The van der Waals surface area contributed by atoms with Gasteiger partial charge in [-0.1, -0.05) is 0 Å². The highest BCUT2D eigenvalue weighted by Gasteiger charge is 2.58. The van der Waals surface area contributed by atoms with Crippen molar-refractivity contribution < 1.29 is 179 Å². The summed E-state index contributed by atoms with van der Waals surface area (Å²) in [6.07, 6.45) is -69.9. The number of ether oxygens (including phenoxy) is 13. The van der Waals surface area contributed by atoms with Crippen LogP contribution in [-0.2, 0) is 61.6 Å². The van der Waals surface area contributed by atoms with E-state index in [9.17, 15) is 117 Å². The van der Waals surface area contributed by atoms with Crippen LogP contribution in [0.2, 0.25) is 0 Å². The van der Waals surface area contributed by atoms with Crippen LogP contribution in [0.3, 0.4) is 0 Å². The second-order valence-electron chi connectivity index (χ2n) is 19.6. The maximum atomic E-state index is 11.6. The van der Waals surface area contributed by atoms with E-state index in [0.29, 0.717) is 0 Å². The third kappa shape index (κ3) is 13.1. The fraction of sp³-hybridized carbons (Fsp3) is 1.00. The molecule has 0 aromatic carbocycles. The molecule has 0 saturated carbocycles. The van der Waals surface area contributed by atoms with Gasteiger partial charge in [0.1, 0.15) is 171 Å². The molecule has 0 amide bonds. The van der Waals surface area contributed by atoms with Gasteiger partial charge in [-0.05, 0) is 0 Å². The maximum Gasteiger partial charge on any atom is 0.187 e. The standard InChI is InChI=1S/C42H72O36/c43-1-8-15(49)22(56)27(61)38(69-8)76-33-24(58)17(51)10(3-45)71-40(33)75-32-20(54)13(6-48)68-37(30(32)64)66-7-14-21(55)31(29(63)36(65)67-14)74-41-35(26(60)19(53)11(4-46)72-41)78-42-34(25(59)18(52)12(5-47)73-42)77-39-28(62)23(57)16(50)9(2-44)70-39/h8-65H,1-7H2/t8-,9-,10-,11-,12-,13-,14-,15-,16-,17-,18-,19-,20-,21-,22+,23+,24+,25+,26+,27+,28+,29+,30+,31+,32+,33+,34+,35+,36-,37+,38-,39-,40-,41-,42-/m1/s1. The number of aliphatic hydroxyl groups excluding tert-OH is 23. The van der Waals surface area contributed by atoms with Gasteiger partial charge in [0, 0.05) is 0 Å². The molecule has 0 unspecified atom stereocenters. The molecule has 456 valence electrons. The van der Waals surface area contributed by atoms with Crippen molar-refractivity contribution in [3.8, 4) is 0 Å². The molecule has 7 heterocycles. The van der Waals surface area contributed by atoms with Gasteiger partial charge in [-0.25, -0.2) is 0 Å².